The van der Waals surface area contributed by atoms with E-state index in [4.69, 9.17) is 14.6 Å². The van der Waals surface area contributed by atoms with Crippen molar-refractivity contribution < 1.29 is 19.4 Å². The molecule has 1 saturated heterocycles. The number of anilines is 1. The highest BCUT2D eigenvalue weighted by atomic mass is 16.5. The SMILES string of the molecule is O=C(O)N1C=COC1c1ccnc(N2CCOCC2)c1. The minimum absolute atomic E-state index is 0.643. The molecule has 1 atom stereocenters. The summed E-state index contributed by atoms with van der Waals surface area (Å²) >= 11 is 0. The van der Waals surface area contributed by atoms with Gasteiger partial charge in [-0.05, 0) is 12.1 Å². The smallest absolute Gasteiger partial charge is 0.414 e. The number of carbonyl (C=O) groups is 1. The normalized spacial score (nSPS) is 21.9. The molecular weight excluding hydrogens is 262 g/mol. The zero-order chi connectivity index (χ0) is 13.9. The third kappa shape index (κ3) is 2.39. The van der Waals surface area contributed by atoms with Gasteiger partial charge in [0.25, 0.3) is 0 Å². The summed E-state index contributed by atoms with van der Waals surface area (Å²) in [7, 11) is 0. The summed E-state index contributed by atoms with van der Waals surface area (Å²) in [5.41, 5.74) is 0.758. The zero-order valence-electron chi connectivity index (χ0n) is 10.8. The Bertz CT molecular complexity index is 528. The maximum atomic E-state index is 11.1. The topological polar surface area (TPSA) is 75.1 Å². The van der Waals surface area contributed by atoms with Crippen LogP contribution in [0, 0.1) is 0 Å². The number of morpholine rings is 1. The van der Waals surface area contributed by atoms with Gasteiger partial charge in [0.2, 0.25) is 6.23 Å². The van der Waals surface area contributed by atoms with Crippen molar-refractivity contribution in [3.8, 4) is 0 Å². The van der Waals surface area contributed by atoms with Gasteiger partial charge < -0.3 is 19.5 Å². The highest BCUT2D eigenvalue weighted by Gasteiger charge is 2.28. The van der Waals surface area contributed by atoms with Gasteiger partial charge in [-0.25, -0.2) is 14.7 Å². The summed E-state index contributed by atoms with van der Waals surface area (Å²) in [6.45, 7) is 2.91. The lowest BCUT2D eigenvalue weighted by Gasteiger charge is -2.28. The highest BCUT2D eigenvalue weighted by Crippen LogP contribution is 2.29. The quantitative estimate of drug-likeness (QED) is 0.880. The monoisotopic (exact) mass is 277 g/mol. The van der Waals surface area contributed by atoms with Crippen LogP contribution in [0.4, 0.5) is 10.6 Å². The first-order valence-corrected chi connectivity index (χ1v) is 6.38. The van der Waals surface area contributed by atoms with Crippen LogP contribution in [0.3, 0.4) is 0 Å². The van der Waals surface area contributed by atoms with Crippen molar-refractivity contribution in [1.29, 1.82) is 0 Å². The van der Waals surface area contributed by atoms with E-state index in [1.165, 1.54) is 12.5 Å². The summed E-state index contributed by atoms with van der Waals surface area (Å²) in [6, 6.07) is 3.62. The van der Waals surface area contributed by atoms with Crippen molar-refractivity contribution in [3.05, 3.63) is 36.4 Å². The first kappa shape index (κ1) is 12.7. The fourth-order valence-electron chi connectivity index (χ4n) is 2.28. The largest absolute Gasteiger partial charge is 0.472 e. The van der Waals surface area contributed by atoms with Crippen molar-refractivity contribution >= 4 is 11.9 Å². The molecule has 20 heavy (non-hydrogen) atoms. The second-order valence-electron chi connectivity index (χ2n) is 4.51. The molecule has 7 heteroatoms. The standard InChI is InChI=1S/C13H15N3O4/c17-13(18)16-5-8-20-12(16)10-1-2-14-11(9-10)15-3-6-19-7-4-15/h1-2,5,8-9,12H,3-4,6-7H2,(H,17,18). The summed E-state index contributed by atoms with van der Waals surface area (Å²) in [4.78, 5) is 18.7. The van der Waals surface area contributed by atoms with Crippen LogP contribution < -0.4 is 4.90 Å². The molecule has 3 rings (SSSR count). The van der Waals surface area contributed by atoms with Crippen molar-refractivity contribution in [2.45, 2.75) is 6.23 Å². The lowest BCUT2D eigenvalue weighted by Crippen LogP contribution is -2.37. The minimum atomic E-state index is -1.05. The van der Waals surface area contributed by atoms with Gasteiger partial charge in [-0.2, -0.15) is 0 Å². The van der Waals surface area contributed by atoms with Gasteiger partial charge in [-0.3, -0.25) is 0 Å². The molecule has 0 saturated carbocycles. The van der Waals surface area contributed by atoms with Crippen LogP contribution in [0.15, 0.2) is 30.8 Å². The second kappa shape index (κ2) is 5.38. The maximum absolute atomic E-state index is 11.1. The van der Waals surface area contributed by atoms with E-state index < -0.39 is 12.3 Å². The number of carboxylic acid groups (broad SMARTS) is 1. The fraction of sp³-hybridized carbons (Fsp3) is 0.385. The van der Waals surface area contributed by atoms with Gasteiger partial charge in [0, 0.05) is 31.0 Å². The Morgan fingerprint density at radius 1 is 1.40 bits per heavy atom. The minimum Gasteiger partial charge on any atom is -0.472 e. The van der Waals surface area contributed by atoms with Crippen LogP contribution in [-0.4, -0.2) is 47.4 Å². The highest BCUT2D eigenvalue weighted by molar-refractivity contribution is 5.67. The predicted molar refractivity (Wildman–Crippen MR) is 70.1 cm³/mol. The zero-order valence-corrected chi connectivity index (χ0v) is 10.8. The van der Waals surface area contributed by atoms with Crippen LogP contribution >= 0.6 is 0 Å². The molecule has 0 bridgehead atoms. The molecule has 7 nitrogen and oxygen atoms in total. The Morgan fingerprint density at radius 3 is 2.95 bits per heavy atom. The number of rotatable bonds is 2. The molecule has 1 amide bonds. The molecule has 0 spiro atoms. The first-order valence-electron chi connectivity index (χ1n) is 6.38. The number of pyridine rings is 1. The van der Waals surface area contributed by atoms with Crippen LogP contribution in [-0.2, 0) is 9.47 Å². The fourth-order valence-corrected chi connectivity index (χ4v) is 2.28. The van der Waals surface area contributed by atoms with Gasteiger partial charge in [0.1, 0.15) is 12.1 Å². The van der Waals surface area contributed by atoms with Gasteiger partial charge in [-0.15, -0.1) is 0 Å². The van der Waals surface area contributed by atoms with E-state index in [1.807, 2.05) is 6.07 Å². The first-order chi connectivity index (χ1) is 9.75. The molecule has 3 heterocycles. The van der Waals surface area contributed by atoms with Crippen LogP contribution in [0.1, 0.15) is 11.8 Å². The second-order valence-corrected chi connectivity index (χ2v) is 4.51. The van der Waals surface area contributed by atoms with Gasteiger partial charge in [0.05, 0.1) is 13.2 Å². The Hall–Kier alpha value is -2.28. The van der Waals surface area contributed by atoms with E-state index in [0.717, 1.165) is 29.4 Å². The van der Waals surface area contributed by atoms with E-state index >= 15 is 0 Å². The van der Waals surface area contributed by atoms with E-state index in [9.17, 15) is 4.79 Å². The molecular formula is C13H15N3O4. The molecule has 0 aromatic carbocycles. The Labute approximate surface area is 116 Å². The third-order valence-corrected chi connectivity index (χ3v) is 3.29. The van der Waals surface area contributed by atoms with Crippen molar-refractivity contribution in [2.24, 2.45) is 0 Å². The number of amides is 1. The average Bonchev–Trinajstić information content (AvgIpc) is 2.98. The maximum Gasteiger partial charge on any atom is 0.414 e. The van der Waals surface area contributed by atoms with Crippen LogP contribution in [0.25, 0.3) is 0 Å². The third-order valence-electron chi connectivity index (χ3n) is 3.29. The molecule has 0 radical (unpaired) electrons. The van der Waals surface area contributed by atoms with Gasteiger partial charge >= 0.3 is 6.09 Å². The summed E-state index contributed by atoms with van der Waals surface area (Å²) in [5, 5.41) is 9.12. The Morgan fingerprint density at radius 2 is 2.20 bits per heavy atom. The molecule has 1 N–H and O–H groups in total. The van der Waals surface area contributed by atoms with Crippen molar-refractivity contribution in [2.75, 3.05) is 31.2 Å². The van der Waals surface area contributed by atoms with Crippen LogP contribution in [0.5, 0.6) is 0 Å². The molecule has 2 aliphatic rings. The van der Waals surface area contributed by atoms with Crippen molar-refractivity contribution in [3.63, 3.8) is 0 Å². The molecule has 0 aliphatic carbocycles. The molecule has 1 aromatic heterocycles. The molecule has 106 valence electrons. The lowest BCUT2D eigenvalue weighted by molar-refractivity contribution is 0.0553. The Kier molecular flexibility index (Phi) is 3.42. The van der Waals surface area contributed by atoms with E-state index in [0.29, 0.717) is 13.2 Å². The average molecular weight is 277 g/mol. The molecule has 1 unspecified atom stereocenters. The molecule has 2 aliphatic heterocycles. The predicted octanol–water partition coefficient (Wildman–Crippen LogP) is 1.40. The molecule has 1 aromatic rings. The number of aromatic nitrogens is 1. The molecule has 1 fully saturated rings. The van der Waals surface area contributed by atoms with E-state index in [-0.39, 0.29) is 0 Å². The lowest BCUT2D eigenvalue weighted by atomic mass is 10.2. The number of hydrogen-bond donors (Lipinski definition) is 1. The number of hydrogen-bond acceptors (Lipinski definition) is 5. The van der Waals surface area contributed by atoms with Crippen LogP contribution in [0.2, 0.25) is 0 Å². The van der Waals surface area contributed by atoms with Crippen molar-refractivity contribution in [1.82, 2.24) is 9.88 Å². The summed E-state index contributed by atoms with van der Waals surface area (Å²) in [6.07, 6.45) is 2.76. The van der Waals surface area contributed by atoms with Gasteiger partial charge in [0.15, 0.2) is 0 Å². The van der Waals surface area contributed by atoms with E-state index in [1.54, 1.807) is 12.3 Å². The van der Waals surface area contributed by atoms with E-state index in [2.05, 4.69) is 9.88 Å². The Balaban J connectivity index is 1.82. The number of nitrogens with zero attached hydrogens (tertiary/aromatic N) is 3. The summed E-state index contributed by atoms with van der Waals surface area (Å²) in [5.74, 6) is 0.812. The summed E-state index contributed by atoms with van der Waals surface area (Å²) < 4.78 is 10.7. The number of ether oxygens (including phenoxy) is 2. The van der Waals surface area contributed by atoms with Gasteiger partial charge in [-0.1, -0.05) is 0 Å².